The number of likely N-dealkylation sites (tertiary alicyclic amines) is 1. The number of nitrogens with one attached hydrogen (secondary N) is 2. The average molecular weight is 258 g/mol. The smallest absolute Gasteiger partial charge is 0.257 e. The molecular weight excluding hydrogens is 240 g/mol. The highest BCUT2D eigenvalue weighted by atomic mass is 32.2. The molecule has 1 aliphatic rings. The van der Waals surface area contributed by atoms with Crippen LogP contribution in [-0.4, -0.2) is 49.7 Å². The van der Waals surface area contributed by atoms with Gasteiger partial charge in [0.05, 0.1) is 6.20 Å². The average Bonchev–Trinajstić information content (AvgIpc) is 2.98. The largest absolute Gasteiger partial charge is 0.303 e. The Morgan fingerprint density at radius 2 is 2.47 bits per heavy atom. The van der Waals surface area contributed by atoms with Gasteiger partial charge in [0.1, 0.15) is 0 Å². The van der Waals surface area contributed by atoms with Gasteiger partial charge in [-0.3, -0.25) is 5.10 Å². The lowest BCUT2D eigenvalue weighted by Crippen LogP contribution is -2.31. The lowest BCUT2D eigenvalue weighted by molar-refractivity contribution is 0.342. The first-order chi connectivity index (χ1) is 8.12. The van der Waals surface area contributed by atoms with Gasteiger partial charge in [-0.2, -0.15) is 5.10 Å². The molecule has 17 heavy (non-hydrogen) atoms. The maximum Gasteiger partial charge on any atom is 0.257 e. The number of H-pyrrole nitrogens is 1. The molecule has 0 spiro atoms. The second-order valence-corrected chi connectivity index (χ2v) is 6.06. The van der Waals surface area contributed by atoms with Crippen molar-refractivity contribution in [3.8, 4) is 0 Å². The molecule has 1 atom stereocenters. The predicted octanol–water partition coefficient (Wildman–Crippen LogP) is 0.0298. The van der Waals surface area contributed by atoms with Gasteiger partial charge in [-0.25, -0.2) is 13.1 Å². The standard InChI is InChI=1S/C10H18N4O2S/c1-2-14-6-4-9(8-14)7-12-17(15,16)10-3-5-11-13-10/h3,5,9,12H,2,4,6-8H2,1H3,(H,11,13). The van der Waals surface area contributed by atoms with Gasteiger partial charge in [0.25, 0.3) is 10.0 Å². The molecule has 0 bridgehead atoms. The number of aromatic nitrogens is 2. The van der Waals surface area contributed by atoms with Crippen LogP contribution < -0.4 is 4.72 Å². The minimum atomic E-state index is -3.42. The molecule has 2 N–H and O–H groups in total. The van der Waals surface area contributed by atoms with Crippen molar-refractivity contribution in [1.82, 2.24) is 19.8 Å². The maximum atomic E-state index is 11.8. The third-order valence-electron chi connectivity index (χ3n) is 3.14. The van der Waals surface area contributed by atoms with E-state index in [1.165, 1.54) is 12.3 Å². The van der Waals surface area contributed by atoms with E-state index < -0.39 is 10.0 Å². The fraction of sp³-hybridized carbons (Fsp3) is 0.700. The SMILES string of the molecule is CCN1CCC(CNS(=O)(=O)c2ccn[nH]2)C1. The molecule has 0 amide bonds. The summed E-state index contributed by atoms with van der Waals surface area (Å²) in [5.41, 5.74) is 0. The van der Waals surface area contributed by atoms with E-state index in [4.69, 9.17) is 0 Å². The van der Waals surface area contributed by atoms with Gasteiger partial charge in [0, 0.05) is 13.1 Å². The summed E-state index contributed by atoms with van der Waals surface area (Å²) in [6.07, 6.45) is 2.49. The van der Waals surface area contributed by atoms with E-state index in [0.717, 1.165) is 26.1 Å². The highest BCUT2D eigenvalue weighted by Gasteiger charge is 2.23. The summed E-state index contributed by atoms with van der Waals surface area (Å²) < 4.78 is 26.2. The molecule has 0 saturated carbocycles. The van der Waals surface area contributed by atoms with Crippen LogP contribution in [0.2, 0.25) is 0 Å². The van der Waals surface area contributed by atoms with Gasteiger partial charge in [0.15, 0.2) is 5.03 Å². The molecule has 1 aliphatic heterocycles. The van der Waals surface area contributed by atoms with Gasteiger partial charge in [0.2, 0.25) is 0 Å². The second-order valence-electron chi connectivity index (χ2n) is 4.32. The Bertz CT molecular complexity index is 443. The zero-order valence-corrected chi connectivity index (χ0v) is 10.7. The zero-order valence-electron chi connectivity index (χ0n) is 9.89. The summed E-state index contributed by atoms with van der Waals surface area (Å²) in [5, 5.41) is 6.23. The van der Waals surface area contributed by atoms with Crippen LogP contribution in [0.15, 0.2) is 17.3 Å². The lowest BCUT2D eigenvalue weighted by Gasteiger charge is -2.13. The summed E-state index contributed by atoms with van der Waals surface area (Å²) in [6, 6.07) is 1.45. The van der Waals surface area contributed by atoms with E-state index in [1.54, 1.807) is 0 Å². The van der Waals surface area contributed by atoms with Crippen LogP contribution in [0.3, 0.4) is 0 Å². The van der Waals surface area contributed by atoms with Crippen molar-refractivity contribution in [1.29, 1.82) is 0 Å². The molecule has 0 radical (unpaired) electrons. The first kappa shape index (κ1) is 12.5. The molecule has 0 aliphatic carbocycles. The first-order valence-electron chi connectivity index (χ1n) is 5.83. The van der Waals surface area contributed by atoms with E-state index in [-0.39, 0.29) is 5.03 Å². The van der Waals surface area contributed by atoms with Crippen molar-refractivity contribution in [3.05, 3.63) is 12.3 Å². The fourth-order valence-corrected chi connectivity index (χ4v) is 3.09. The monoisotopic (exact) mass is 258 g/mol. The van der Waals surface area contributed by atoms with Crippen molar-refractivity contribution in [3.63, 3.8) is 0 Å². The molecule has 1 unspecified atom stereocenters. The van der Waals surface area contributed by atoms with Crippen LogP contribution in [0.4, 0.5) is 0 Å². The van der Waals surface area contributed by atoms with E-state index >= 15 is 0 Å². The molecular formula is C10H18N4O2S. The number of hydrogen-bond donors (Lipinski definition) is 2. The molecule has 1 aromatic heterocycles. The highest BCUT2D eigenvalue weighted by Crippen LogP contribution is 2.15. The van der Waals surface area contributed by atoms with Crippen molar-refractivity contribution >= 4 is 10.0 Å². The Hall–Kier alpha value is -0.920. The zero-order chi connectivity index (χ0) is 12.3. The Kier molecular flexibility index (Phi) is 3.80. The highest BCUT2D eigenvalue weighted by molar-refractivity contribution is 7.89. The Morgan fingerprint density at radius 1 is 1.65 bits per heavy atom. The molecule has 1 fully saturated rings. The molecule has 1 aromatic rings. The molecule has 2 rings (SSSR count). The summed E-state index contributed by atoms with van der Waals surface area (Å²) in [6.45, 7) is 5.69. The van der Waals surface area contributed by atoms with Crippen LogP contribution in [0, 0.1) is 5.92 Å². The van der Waals surface area contributed by atoms with E-state index in [0.29, 0.717) is 12.5 Å². The summed E-state index contributed by atoms with van der Waals surface area (Å²) in [7, 11) is -3.42. The maximum absolute atomic E-state index is 11.8. The quantitative estimate of drug-likeness (QED) is 0.781. The molecule has 7 heteroatoms. The van der Waals surface area contributed by atoms with Gasteiger partial charge in [-0.05, 0) is 31.5 Å². The van der Waals surface area contributed by atoms with Crippen LogP contribution in [-0.2, 0) is 10.0 Å². The fourth-order valence-electron chi connectivity index (χ4n) is 2.06. The Morgan fingerprint density at radius 3 is 3.06 bits per heavy atom. The van der Waals surface area contributed by atoms with Gasteiger partial charge >= 0.3 is 0 Å². The Balaban J connectivity index is 1.87. The third-order valence-corrected chi connectivity index (χ3v) is 4.50. The number of hydrogen-bond acceptors (Lipinski definition) is 4. The minimum Gasteiger partial charge on any atom is -0.303 e. The van der Waals surface area contributed by atoms with Crippen LogP contribution in [0.25, 0.3) is 0 Å². The van der Waals surface area contributed by atoms with Gasteiger partial charge in [-0.1, -0.05) is 6.92 Å². The molecule has 96 valence electrons. The first-order valence-corrected chi connectivity index (χ1v) is 7.31. The topological polar surface area (TPSA) is 78.1 Å². The van der Waals surface area contributed by atoms with Crippen molar-refractivity contribution < 1.29 is 8.42 Å². The van der Waals surface area contributed by atoms with Gasteiger partial charge in [-0.15, -0.1) is 0 Å². The second kappa shape index (κ2) is 5.16. The molecule has 0 aromatic carbocycles. The van der Waals surface area contributed by atoms with Crippen molar-refractivity contribution in [2.45, 2.75) is 18.4 Å². The number of rotatable bonds is 5. The van der Waals surface area contributed by atoms with Crippen molar-refractivity contribution in [2.75, 3.05) is 26.2 Å². The number of aromatic amines is 1. The molecule has 6 nitrogen and oxygen atoms in total. The summed E-state index contributed by atoms with van der Waals surface area (Å²) >= 11 is 0. The number of sulfonamides is 1. The summed E-state index contributed by atoms with van der Waals surface area (Å²) in [5.74, 6) is 0.410. The lowest BCUT2D eigenvalue weighted by atomic mass is 10.1. The van der Waals surface area contributed by atoms with E-state index in [2.05, 4.69) is 26.7 Å². The predicted molar refractivity (Wildman–Crippen MR) is 64.0 cm³/mol. The minimum absolute atomic E-state index is 0.128. The summed E-state index contributed by atoms with van der Waals surface area (Å²) in [4.78, 5) is 2.33. The van der Waals surface area contributed by atoms with E-state index in [9.17, 15) is 8.42 Å². The van der Waals surface area contributed by atoms with Gasteiger partial charge < -0.3 is 4.90 Å². The third kappa shape index (κ3) is 3.05. The molecule has 1 saturated heterocycles. The van der Waals surface area contributed by atoms with Crippen LogP contribution in [0.5, 0.6) is 0 Å². The Labute approximate surface area is 101 Å². The molecule has 2 heterocycles. The number of nitrogens with zero attached hydrogens (tertiary/aromatic N) is 2. The van der Waals surface area contributed by atoms with Crippen molar-refractivity contribution in [2.24, 2.45) is 5.92 Å². The van der Waals surface area contributed by atoms with E-state index in [1.807, 2.05) is 0 Å². The normalized spacial score (nSPS) is 22.1. The van der Waals surface area contributed by atoms with Crippen LogP contribution in [0.1, 0.15) is 13.3 Å². The van der Waals surface area contributed by atoms with Crippen LogP contribution >= 0.6 is 0 Å².